The summed E-state index contributed by atoms with van der Waals surface area (Å²) in [6, 6.07) is 15.4. The molecule has 0 bridgehead atoms. The predicted octanol–water partition coefficient (Wildman–Crippen LogP) is 7.12. The number of hydrogen-bond donors (Lipinski definition) is 0. The number of methoxy groups -OCH3 is 2. The number of halogens is 1. The maximum Gasteiger partial charge on any atom is 0.193 e. The summed E-state index contributed by atoms with van der Waals surface area (Å²) in [5, 5.41) is 2.31. The highest BCUT2D eigenvalue weighted by molar-refractivity contribution is 6.32. The highest BCUT2D eigenvalue weighted by Crippen LogP contribution is 2.37. The number of carbonyl (C=O) groups excluding carboxylic acids is 1. The Kier molecular flexibility index (Phi) is 8.48. The molecular formula is C32H34ClNO4. The predicted molar refractivity (Wildman–Crippen MR) is 154 cm³/mol. The molecule has 6 heteroatoms. The van der Waals surface area contributed by atoms with Crippen molar-refractivity contribution in [3.8, 4) is 22.6 Å². The first-order valence-electron chi connectivity index (χ1n) is 13.3. The molecule has 2 aliphatic rings. The van der Waals surface area contributed by atoms with Gasteiger partial charge in [0, 0.05) is 17.7 Å². The molecule has 5 rings (SSSR count). The second-order valence-corrected chi connectivity index (χ2v) is 10.2. The fourth-order valence-electron chi connectivity index (χ4n) is 5.31. The molecule has 0 N–H and O–H groups in total. The van der Waals surface area contributed by atoms with Gasteiger partial charge in [-0.25, -0.2) is 0 Å². The molecule has 1 aliphatic heterocycles. The van der Waals surface area contributed by atoms with Crippen molar-refractivity contribution in [3.63, 3.8) is 0 Å². The monoisotopic (exact) mass is 531 g/mol. The van der Waals surface area contributed by atoms with Crippen molar-refractivity contribution < 1.29 is 19.0 Å². The van der Waals surface area contributed by atoms with E-state index >= 15 is 0 Å². The zero-order valence-corrected chi connectivity index (χ0v) is 22.8. The van der Waals surface area contributed by atoms with Crippen LogP contribution < -0.4 is 9.47 Å². The number of likely N-dealkylation sites (tertiary alicyclic amines) is 1. The van der Waals surface area contributed by atoms with Crippen LogP contribution in [-0.2, 0) is 4.74 Å². The smallest absolute Gasteiger partial charge is 0.193 e. The number of Topliss-reactive ketones (excluding diaryl/α,β-unsaturated/α-hetero) is 1. The van der Waals surface area contributed by atoms with Gasteiger partial charge in [0.25, 0.3) is 0 Å². The summed E-state index contributed by atoms with van der Waals surface area (Å²) in [6.07, 6.45) is 10.5. The van der Waals surface area contributed by atoms with Crippen LogP contribution in [0.5, 0.6) is 11.5 Å². The minimum atomic E-state index is -0.0225. The Morgan fingerprint density at radius 1 is 1.00 bits per heavy atom. The average Bonchev–Trinajstić information content (AvgIpc) is 2.96. The number of nitrogens with zero attached hydrogens (tertiary/aromatic N) is 1. The number of rotatable bonds is 9. The summed E-state index contributed by atoms with van der Waals surface area (Å²) >= 11 is 6.46. The second-order valence-electron chi connectivity index (χ2n) is 9.82. The van der Waals surface area contributed by atoms with Crippen LogP contribution in [0.2, 0.25) is 5.02 Å². The number of benzene rings is 3. The van der Waals surface area contributed by atoms with Gasteiger partial charge in [-0.05, 0) is 84.6 Å². The van der Waals surface area contributed by atoms with Crippen molar-refractivity contribution in [1.29, 1.82) is 0 Å². The SMILES string of the molecule is COc1ccc2c(C(=O)C3=CCC(OCCN4CCCCC4)C=C3)c(-c3ccc(OC)c(Cl)c3)ccc2c1. The Bertz CT molecular complexity index is 1370. The van der Waals surface area contributed by atoms with Gasteiger partial charge in [0.05, 0.1) is 32.0 Å². The van der Waals surface area contributed by atoms with Gasteiger partial charge in [-0.15, -0.1) is 0 Å². The maximum atomic E-state index is 14.0. The highest BCUT2D eigenvalue weighted by Gasteiger charge is 2.22. The third kappa shape index (κ3) is 5.80. The maximum absolute atomic E-state index is 14.0. The lowest BCUT2D eigenvalue weighted by molar-refractivity contribution is 0.0609. The molecule has 5 nitrogen and oxygen atoms in total. The number of fused-ring (bicyclic) bond motifs is 1. The van der Waals surface area contributed by atoms with Gasteiger partial charge in [-0.1, -0.05) is 54.4 Å². The lowest BCUT2D eigenvalue weighted by atomic mass is 9.87. The number of allylic oxidation sites excluding steroid dienone is 2. The van der Waals surface area contributed by atoms with Crippen molar-refractivity contribution in [1.82, 2.24) is 4.90 Å². The molecule has 0 saturated carbocycles. The fraction of sp³-hybridized carbons (Fsp3) is 0.344. The first-order valence-corrected chi connectivity index (χ1v) is 13.7. The first-order chi connectivity index (χ1) is 18.6. The van der Waals surface area contributed by atoms with E-state index in [0.29, 0.717) is 34.9 Å². The van der Waals surface area contributed by atoms with Crippen LogP contribution in [0.1, 0.15) is 36.0 Å². The van der Waals surface area contributed by atoms with Gasteiger partial charge in [0.1, 0.15) is 11.5 Å². The summed E-state index contributed by atoms with van der Waals surface area (Å²) in [4.78, 5) is 16.5. The molecule has 0 radical (unpaired) electrons. The van der Waals surface area contributed by atoms with Crippen molar-refractivity contribution in [2.45, 2.75) is 31.8 Å². The Morgan fingerprint density at radius 3 is 2.55 bits per heavy atom. The van der Waals surface area contributed by atoms with Crippen molar-refractivity contribution in [3.05, 3.63) is 82.9 Å². The summed E-state index contributed by atoms with van der Waals surface area (Å²) in [5.74, 6) is 1.32. The molecule has 0 aromatic heterocycles. The molecule has 3 aromatic carbocycles. The fourth-order valence-corrected chi connectivity index (χ4v) is 5.56. The van der Waals surface area contributed by atoms with Crippen LogP contribution in [0.4, 0.5) is 0 Å². The zero-order chi connectivity index (χ0) is 26.5. The van der Waals surface area contributed by atoms with E-state index < -0.39 is 0 Å². The molecule has 0 spiro atoms. The van der Waals surface area contributed by atoms with Gasteiger partial charge < -0.3 is 19.1 Å². The summed E-state index contributed by atoms with van der Waals surface area (Å²) < 4.78 is 16.9. The van der Waals surface area contributed by atoms with Crippen LogP contribution in [0.25, 0.3) is 21.9 Å². The molecule has 1 unspecified atom stereocenters. The van der Waals surface area contributed by atoms with E-state index in [4.69, 9.17) is 25.8 Å². The molecule has 38 heavy (non-hydrogen) atoms. The van der Waals surface area contributed by atoms with Gasteiger partial charge in [-0.2, -0.15) is 0 Å². The normalized spacial score (nSPS) is 17.9. The van der Waals surface area contributed by atoms with Crippen LogP contribution in [0.15, 0.2) is 72.3 Å². The quantitative estimate of drug-likeness (QED) is 0.275. The molecule has 1 heterocycles. The number of carbonyl (C=O) groups is 1. The second kappa shape index (κ2) is 12.2. The van der Waals surface area contributed by atoms with Gasteiger partial charge in [-0.3, -0.25) is 4.79 Å². The van der Waals surface area contributed by atoms with E-state index in [1.807, 2.05) is 66.8 Å². The Labute approximate surface area is 229 Å². The highest BCUT2D eigenvalue weighted by atomic mass is 35.5. The largest absolute Gasteiger partial charge is 0.497 e. The summed E-state index contributed by atoms with van der Waals surface area (Å²) in [6.45, 7) is 4.01. The summed E-state index contributed by atoms with van der Waals surface area (Å²) in [5.41, 5.74) is 3.00. The van der Waals surface area contributed by atoms with E-state index in [0.717, 1.165) is 34.2 Å². The van der Waals surface area contributed by atoms with Crippen molar-refractivity contribution in [2.24, 2.45) is 0 Å². The third-order valence-electron chi connectivity index (χ3n) is 7.43. The number of piperidine rings is 1. The van der Waals surface area contributed by atoms with Crippen LogP contribution in [0.3, 0.4) is 0 Å². The topological polar surface area (TPSA) is 48.0 Å². The molecule has 198 valence electrons. The van der Waals surface area contributed by atoms with E-state index in [9.17, 15) is 4.79 Å². The van der Waals surface area contributed by atoms with E-state index in [1.165, 1.54) is 32.4 Å². The Hall–Kier alpha value is -3.12. The van der Waals surface area contributed by atoms with Crippen LogP contribution in [0, 0.1) is 0 Å². The molecule has 1 atom stereocenters. The Morgan fingerprint density at radius 2 is 1.84 bits per heavy atom. The molecular weight excluding hydrogens is 498 g/mol. The Balaban J connectivity index is 1.40. The van der Waals surface area contributed by atoms with Crippen molar-refractivity contribution in [2.75, 3.05) is 40.5 Å². The summed E-state index contributed by atoms with van der Waals surface area (Å²) in [7, 11) is 3.23. The van der Waals surface area contributed by atoms with Crippen molar-refractivity contribution >= 4 is 28.2 Å². The minimum Gasteiger partial charge on any atom is -0.497 e. The third-order valence-corrected chi connectivity index (χ3v) is 7.72. The van der Waals surface area contributed by atoms with E-state index in [1.54, 1.807) is 14.2 Å². The number of ether oxygens (including phenoxy) is 3. The first kappa shape index (κ1) is 26.5. The lowest BCUT2D eigenvalue weighted by Gasteiger charge is -2.27. The number of ketones is 1. The van der Waals surface area contributed by atoms with E-state index in [2.05, 4.69) is 4.90 Å². The molecule has 1 fully saturated rings. The van der Waals surface area contributed by atoms with Crippen LogP contribution in [-0.4, -0.2) is 57.2 Å². The average molecular weight is 532 g/mol. The van der Waals surface area contributed by atoms with Gasteiger partial charge in [0.2, 0.25) is 0 Å². The molecule has 1 saturated heterocycles. The van der Waals surface area contributed by atoms with Gasteiger partial charge >= 0.3 is 0 Å². The molecule has 1 aliphatic carbocycles. The molecule has 0 amide bonds. The van der Waals surface area contributed by atoms with Crippen LogP contribution >= 0.6 is 11.6 Å². The lowest BCUT2D eigenvalue weighted by Crippen LogP contribution is -2.33. The minimum absolute atomic E-state index is 0.00650. The van der Waals surface area contributed by atoms with E-state index in [-0.39, 0.29) is 11.9 Å². The standard InChI is InChI=1S/C32H34ClNO4/c1-36-26-12-14-28-23(20-26)8-13-27(24-9-15-30(37-2)29(33)21-24)31(28)32(35)22-6-10-25(11-7-22)38-19-18-34-16-4-3-5-17-34/h6-10,12-15,20-21,25H,3-5,11,16-19H2,1-2H3. The molecule has 3 aromatic rings. The van der Waals surface area contributed by atoms with Gasteiger partial charge in [0.15, 0.2) is 5.78 Å². The zero-order valence-electron chi connectivity index (χ0n) is 22.0. The number of hydrogen-bond acceptors (Lipinski definition) is 5.